The van der Waals surface area contributed by atoms with Crippen molar-refractivity contribution in [2.45, 2.75) is 20.4 Å². The number of tetrazole rings is 1. The number of nitrogens with zero attached hydrogens (tertiary/aromatic N) is 4. The first-order valence-electron chi connectivity index (χ1n) is 8.81. The summed E-state index contributed by atoms with van der Waals surface area (Å²) in [5.74, 6) is -1.41. The predicted molar refractivity (Wildman–Crippen MR) is 103 cm³/mol. The standard InChI is InChI=1S/C20H19N5O4/c1-13-7-8-14(2)16(9-13)18(26)11-29-20(28)15-5-3-4-6-17(15)22-19(27)10-25-12-21-23-24-25/h3-9,12H,10-11H2,1-2H3,(H,22,27). The van der Waals surface area contributed by atoms with Gasteiger partial charge < -0.3 is 10.1 Å². The van der Waals surface area contributed by atoms with Crippen molar-refractivity contribution in [2.75, 3.05) is 11.9 Å². The smallest absolute Gasteiger partial charge is 0.340 e. The van der Waals surface area contributed by atoms with E-state index in [1.54, 1.807) is 24.3 Å². The Hall–Kier alpha value is -3.88. The highest BCUT2D eigenvalue weighted by Crippen LogP contribution is 2.17. The van der Waals surface area contributed by atoms with E-state index in [1.165, 1.54) is 17.1 Å². The van der Waals surface area contributed by atoms with Gasteiger partial charge in [0.1, 0.15) is 12.9 Å². The average Bonchev–Trinajstić information content (AvgIpc) is 3.21. The molecule has 0 aliphatic carbocycles. The van der Waals surface area contributed by atoms with Crippen molar-refractivity contribution < 1.29 is 19.1 Å². The van der Waals surface area contributed by atoms with Crippen LogP contribution in [0.25, 0.3) is 0 Å². The summed E-state index contributed by atoms with van der Waals surface area (Å²) in [6.07, 6.45) is 1.30. The molecule has 9 nitrogen and oxygen atoms in total. The fourth-order valence-electron chi connectivity index (χ4n) is 2.68. The molecule has 0 bridgehead atoms. The van der Waals surface area contributed by atoms with Gasteiger partial charge in [-0.2, -0.15) is 0 Å². The van der Waals surface area contributed by atoms with Crippen molar-refractivity contribution in [2.24, 2.45) is 0 Å². The number of hydrogen-bond donors (Lipinski definition) is 1. The molecule has 148 valence electrons. The van der Waals surface area contributed by atoms with Gasteiger partial charge in [0.15, 0.2) is 6.61 Å². The molecule has 1 aromatic heterocycles. The van der Waals surface area contributed by atoms with E-state index in [0.717, 1.165) is 11.1 Å². The molecule has 0 spiro atoms. The highest BCUT2D eigenvalue weighted by Gasteiger charge is 2.17. The number of benzene rings is 2. The molecule has 0 unspecified atom stereocenters. The van der Waals surface area contributed by atoms with Crippen LogP contribution in [0.4, 0.5) is 5.69 Å². The summed E-state index contributed by atoms with van der Waals surface area (Å²) in [6.45, 7) is 3.21. The molecule has 2 aromatic carbocycles. The lowest BCUT2D eigenvalue weighted by atomic mass is 10.0. The minimum Gasteiger partial charge on any atom is -0.454 e. The molecule has 0 aliphatic rings. The first-order valence-corrected chi connectivity index (χ1v) is 8.81. The van der Waals surface area contributed by atoms with Crippen LogP contribution >= 0.6 is 0 Å². The summed E-state index contributed by atoms with van der Waals surface area (Å²) in [5.41, 5.74) is 2.69. The number of esters is 1. The molecule has 0 saturated carbocycles. The molecule has 0 fully saturated rings. The SMILES string of the molecule is Cc1ccc(C)c(C(=O)COC(=O)c2ccccc2NC(=O)Cn2cnnn2)c1. The Balaban J connectivity index is 1.65. The molecule has 0 saturated heterocycles. The number of carbonyl (C=O) groups is 3. The summed E-state index contributed by atoms with van der Waals surface area (Å²) in [4.78, 5) is 37.1. The molecule has 3 aromatic rings. The molecule has 3 rings (SSSR count). The Morgan fingerprint density at radius 2 is 1.86 bits per heavy atom. The Labute approximate surface area is 166 Å². The van der Waals surface area contributed by atoms with Crippen molar-refractivity contribution in [3.8, 4) is 0 Å². The molecule has 0 radical (unpaired) electrons. The minimum absolute atomic E-state index is 0.110. The second-order valence-corrected chi connectivity index (χ2v) is 6.42. The zero-order chi connectivity index (χ0) is 20.8. The number of aryl methyl sites for hydroxylation is 2. The van der Waals surface area contributed by atoms with E-state index >= 15 is 0 Å². The molecule has 1 amide bonds. The first kappa shape index (κ1) is 19.9. The topological polar surface area (TPSA) is 116 Å². The monoisotopic (exact) mass is 393 g/mol. The Morgan fingerprint density at radius 3 is 2.62 bits per heavy atom. The maximum atomic E-state index is 12.5. The number of amides is 1. The van der Waals surface area contributed by atoms with Crippen molar-refractivity contribution >= 4 is 23.3 Å². The third-order valence-electron chi connectivity index (χ3n) is 4.15. The normalized spacial score (nSPS) is 10.4. The van der Waals surface area contributed by atoms with Crippen molar-refractivity contribution in [1.82, 2.24) is 20.2 Å². The molecular weight excluding hydrogens is 374 g/mol. The number of para-hydroxylation sites is 1. The van der Waals surface area contributed by atoms with Crippen LogP contribution in [0.3, 0.4) is 0 Å². The van der Waals surface area contributed by atoms with Crippen LogP contribution in [-0.2, 0) is 16.1 Å². The van der Waals surface area contributed by atoms with Crippen LogP contribution in [-0.4, -0.2) is 44.5 Å². The van der Waals surface area contributed by atoms with Gasteiger partial charge in [0.2, 0.25) is 11.7 Å². The molecule has 1 N–H and O–H groups in total. The van der Waals surface area contributed by atoms with Gasteiger partial charge in [-0.05, 0) is 48.0 Å². The van der Waals surface area contributed by atoms with E-state index in [9.17, 15) is 14.4 Å². The van der Waals surface area contributed by atoms with Gasteiger partial charge in [0.05, 0.1) is 11.3 Å². The molecule has 0 atom stereocenters. The fraction of sp³-hybridized carbons (Fsp3) is 0.200. The van der Waals surface area contributed by atoms with E-state index in [2.05, 4.69) is 20.8 Å². The van der Waals surface area contributed by atoms with Gasteiger partial charge in [0, 0.05) is 5.56 Å². The van der Waals surface area contributed by atoms with Crippen molar-refractivity contribution in [1.29, 1.82) is 0 Å². The number of nitrogens with one attached hydrogen (secondary N) is 1. The number of ether oxygens (including phenoxy) is 1. The van der Waals surface area contributed by atoms with E-state index in [1.807, 2.05) is 26.0 Å². The maximum absolute atomic E-state index is 12.5. The van der Waals surface area contributed by atoms with Crippen molar-refractivity contribution in [3.63, 3.8) is 0 Å². The summed E-state index contributed by atoms with van der Waals surface area (Å²) in [7, 11) is 0. The predicted octanol–water partition coefficient (Wildman–Crippen LogP) is 1.97. The lowest BCUT2D eigenvalue weighted by molar-refractivity contribution is -0.116. The van der Waals surface area contributed by atoms with Crippen LogP contribution < -0.4 is 5.32 Å². The number of rotatable bonds is 7. The number of hydrogen-bond acceptors (Lipinski definition) is 7. The number of aromatic nitrogens is 4. The van der Waals surface area contributed by atoms with Gasteiger partial charge in [-0.15, -0.1) is 5.10 Å². The quantitative estimate of drug-likeness (QED) is 0.482. The van der Waals surface area contributed by atoms with E-state index in [0.29, 0.717) is 5.56 Å². The number of anilines is 1. The Morgan fingerprint density at radius 1 is 1.07 bits per heavy atom. The molecule has 9 heteroatoms. The lowest BCUT2D eigenvalue weighted by Crippen LogP contribution is -2.21. The molecular formula is C20H19N5O4. The Kier molecular flexibility index (Phi) is 6.08. The van der Waals surface area contributed by atoms with E-state index in [4.69, 9.17) is 4.74 Å². The molecule has 0 aliphatic heterocycles. The third-order valence-corrected chi connectivity index (χ3v) is 4.15. The minimum atomic E-state index is -0.707. The summed E-state index contributed by atoms with van der Waals surface area (Å²) >= 11 is 0. The largest absolute Gasteiger partial charge is 0.454 e. The second-order valence-electron chi connectivity index (χ2n) is 6.42. The highest BCUT2D eigenvalue weighted by atomic mass is 16.5. The zero-order valence-corrected chi connectivity index (χ0v) is 16.0. The lowest BCUT2D eigenvalue weighted by Gasteiger charge is -2.11. The number of carbonyl (C=O) groups excluding carboxylic acids is 3. The van der Waals surface area contributed by atoms with Gasteiger partial charge in [0.25, 0.3) is 0 Å². The Bertz CT molecular complexity index is 1050. The van der Waals surface area contributed by atoms with Crippen molar-refractivity contribution in [3.05, 3.63) is 71.0 Å². The van der Waals surface area contributed by atoms with Gasteiger partial charge in [-0.25, -0.2) is 9.48 Å². The van der Waals surface area contributed by atoms with Gasteiger partial charge in [-0.1, -0.05) is 29.8 Å². The van der Waals surface area contributed by atoms with Gasteiger partial charge in [-0.3, -0.25) is 9.59 Å². The van der Waals surface area contributed by atoms with Crippen LogP contribution in [0.2, 0.25) is 0 Å². The zero-order valence-electron chi connectivity index (χ0n) is 16.0. The van der Waals surface area contributed by atoms with Gasteiger partial charge >= 0.3 is 5.97 Å². The second kappa shape index (κ2) is 8.87. The van der Waals surface area contributed by atoms with Crippen LogP contribution in [0.1, 0.15) is 31.8 Å². The first-order chi connectivity index (χ1) is 13.9. The molecule has 1 heterocycles. The summed E-state index contributed by atoms with van der Waals surface area (Å²) < 4.78 is 6.44. The fourth-order valence-corrected chi connectivity index (χ4v) is 2.68. The van der Waals surface area contributed by atoms with E-state index in [-0.39, 0.29) is 23.6 Å². The maximum Gasteiger partial charge on any atom is 0.340 e. The van der Waals surface area contributed by atoms with Crippen LogP contribution in [0, 0.1) is 13.8 Å². The van der Waals surface area contributed by atoms with Crippen LogP contribution in [0.15, 0.2) is 48.8 Å². The average molecular weight is 393 g/mol. The van der Waals surface area contributed by atoms with Crippen LogP contribution in [0.5, 0.6) is 0 Å². The summed E-state index contributed by atoms with van der Waals surface area (Å²) in [5, 5.41) is 13.1. The highest BCUT2D eigenvalue weighted by molar-refractivity contribution is 6.03. The molecule has 29 heavy (non-hydrogen) atoms. The third kappa shape index (κ3) is 5.10. The number of Topliss-reactive ketones (excluding diaryl/α,β-unsaturated/α-hetero) is 1. The van der Waals surface area contributed by atoms with E-state index < -0.39 is 18.5 Å². The summed E-state index contributed by atoms with van der Waals surface area (Å²) in [6, 6.07) is 11.9. The number of ketones is 1.